The molecule has 1 aliphatic rings. The molecule has 0 N–H and O–H groups in total. The number of benzene rings is 3. The standard InChI is InChI=1S/C24H20INO3S/c1-15(2)29-21-12-9-17-5-3-4-6-19(17)20(21)13-22-23(27)26(24(28)30-22)14-16-7-10-18(25)11-8-16/h3-13,15H,14H2,1-2H3/b22-13-. The van der Waals surface area contributed by atoms with Crippen LogP contribution in [0.25, 0.3) is 16.8 Å². The molecule has 0 aromatic heterocycles. The van der Waals surface area contributed by atoms with E-state index in [1.54, 1.807) is 6.08 Å². The summed E-state index contributed by atoms with van der Waals surface area (Å²) in [6.45, 7) is 4.20. The lowest BCUT2D eigenvalue weighted by atomic mass is 10.0. The van der Waals surface area contributed by atoms with Crippen molar-refractivity contribution in [2.45, 2.75) is 26.5 Å². The molecule has 4 nitrogen and oxygen atoms in total. The number of ether oxygens (including phenoxy) is 1. The number of halogens is 1. The second-order valence-corrected chi connectivity index (χ2v) is 9.50. The molecule has 0 bridgehead atoms. The minimum atomic E-state index is -0.271. The Morgan fingerprint density at radius 2 is 1.77 bits per heavy atom. The van der Waals surface area contributed by atoms with Gasteiger partial charge < -0.3 is 4.74 Å². The van der Waals surface area contributed by atoms with Crippen LogP contribution in [0.15, 0.2) is 65.6 Å². The normalized spacial score (nSPS) is 15.6. The van der Waals surface area contributed by atoms with E-state index in [0.717, 1.165) is 37.2 Å². The van der Waals surface area contributed by atoms with E-state index in [9.17, 15) is 9.59 Å². The molecule has 152 valence electrons. The van der Waals surface area contributed by atoms with Crippen molar-refractivity contribution in [3.8, 4) is 5.75 Å². The summed E-state index contributed by atoms with van der Waals surface area (Å²) in [5.41, 5.74) is 1.74. The highest BCUT2D eigenvalue weighted by Gasteiger charge is 2.35. The first-order valence-electron chi connectivity index (χ1n) is 9.60. The minimum Gasteiger partial charge on any atom is -0.490 e. The molecule has 1 heterocycles. The van der Waals surface area contributed by atoms with Crippen molar-refractivity contribution in [1.82, 2.24) is 4.90 Å². The molecule has 1 aliphatic heterocycles. The summed E-state index contributed by atoms with van der Waals surface area (Å²) in [4.78, 5) is 27.3. The summed E-state index contributed by atoms with van der Waals surface area (Å²) in [5, 5.41) is 1.79. The molecule has 1 fully saturated rings. The molecule has 0 saturated carbocycles. The maximum Gasteiger partial charge on any atom is 0.293 e. The predicted octanol–water partition coefficient (Wildman–Crippen LogP) is 6.47. The molecule has 0 unspecified atom stereocenters. The third-order valence-corrected chi connectivity index (χ3v) is 6.32. The zero-order valence-corrected chi connectivity index (χ0v) is 19.6. The largest absolute Gasteiger partial charge is 0.490 e. The molecule has 1 saturated heterocycles. The van der Waals surface area contributed by atoms with Crippen LogP contribution in [0.4, 0.5) is 4.79 Å². The summed E-state index contributed by atoms with van der Waals surface area (Å²) in [6.07, 6.45) is 1.79. The molecule has 3 aromatic carbocycles. The fourth-order valence-electron chi connectivity index (χ4n) is 3.32. The summed E-state index contributed by atoms with van der Waals surface area (Å²) in [5.74, 6) is 0.431. The van der Waals surface area contributed by atoms with Crippen molar-refractivity contribution >= 4 is 62.3 Å². The Hall–Kier alpha value is -2.32. The number of carbonyl (C=O) groups excluding carboxylic acids is 2. The average Bonchev–Trinajstić information content (AvgIpc) is 2.98. The second-order valence-electron chi connectivity index (χ2n) is 7.26. The summed E-state index contributed by atoms with van der Waals surface area (Å²) >= 11 is 3.21. The van der Waals surface area contributed by atoms with Gasteiger partial charge in [-0.2, -0.15) is 0 Å². The minimum absolute atomic E-state index is 0.00532. The van der Waals surface area contributed by atoms with Gasteiger partial charge >= 0.3 is 0 Å². The third-order valence-electron chi connectivity index (χ3n) is 4.70. The maximum absolute atomic E-state index is 13.0. The summed E-state index contributed by atoms with van der Waals surface area (Å²) in [7, 11) is 0. The van der Waals surface area contributed by atoms with Gasteiger partial charge in [0.1, 0.15) is 5.75 Å². The molecule has 4 rings (SSSR count). The highest BCUT2D eigenvalue weighted by atomic mass is 127. The van der Waals surface area contributed by atoms with Crippen molar-refractivity contribution in [2.75, 3.05) is 0 Å². The van der Waals surface area contributed by atoms with Crippen molar-refractivity contribution in [2.24, 2.45) is 0 Å². The van der Waals surface area contributed by atoms with Crippen LogP contribution in [0.1, 0.15) is 25.0 Å². The van der Waals surface area contributed by atoms with Crippen LogP contribution in [0, 0.1) is 3.57 Å². The van der Waals surface area contributed by atoms with Gasteiger partial charge in [0.25, 0.3) is 11.1 Å². The Morgan fingerprint density at radius 1 is 1.03 bits per heavy atom. The number of fused-ring (bicyclic) bond motifs is 1. The lowest BCUT2D eigenvalue weighted by molar-refractivity contribution is -0.123. The number of imide groups is 1. The lowest BCUT2D eigenvalue weighted by Crippen LogP contribution is -2.27. The lowest BCUT2D eigenvalue weighted by Gasteiger charge is -2.15. The number of thioether (sulfide) groups is 1. The molecular weight excluding hydrogens is 509 g/mol. The zero-order chi connectivity index (χ0) is 21.3. The highest BCUT2D eigenvalue weighted by molar-refractivity contribution is 14.1. The predicted molar refractivity (Wildman–Crippen MR) is 130 cm³/mol. The van der Waals surface area contributed by atoms with Gasteiger partial charge in [-0.15, -0.1) is 0 Å². The Kier molecular flexibility index (Phi) is 6.15. The van der Waals surface area contributed by atoms with E-state index in [0.29, 0.717) is 10.7 Å². The number of hydrogen-bond acceptors (Lipinski definition) is 4. The van der Waals surface area contributed by atoms with Gasteiger partial charge in [0.15, 0.2) is 0 Å². The smallest absolute Gasteiger partial charge is 0.293 e. The molecule has 0 atom stereocenters. The van der Waals surface area contributed by atoms with Gasteiger partial charge in [0.2, 0.25) is 0 Å². The fourth-order valence-corrected chi connectivity index (χ4v) is 4.50. The van der Waals surface area contributed by atoms with E-state index in [1.165, 1.54) is 4.90 Å². The summed E-state index contributed by atoms with van der Waals surface area (Å²) in [6, 6.07) is 19.7. The number of nitrogens with zero attached hydrogens (tertiary/aromatic N) is 1. The highest BCUT2D eigenvalue weighted by Crippen LogP contribution is 2.37. The Bertz CT molecular complexity index is 1150. The number of hydrogen-bond donors (Lipinski definition) is 0. The van der Waals surface area contributed by atoms with Crippen molar-refractivity contribution in [3.05, 3.63) is 80.3 Å². The average molecular weight is 529 g/mol. The molecule has 2 amide bonds. The number of amides is 2. The molecule has 6 heteroatoms. The quantitative estimate of drug-likeness (QED) is 0.281. The van der Waals surface area contributed by atoms with Crippen LogP contribution >= 0.6 is 34.4 Å². The van der Waals surface area contributed by atoms with Gasteiger partial charge in [0, 0.05) is 9.13 Å². The van der Waals surface area contributed by atoms with Crippen LogP contribution in [-0.4, -0.2) is 22.2 Å². The Labute approximate surface area is 193 Å². The molecule has 0 aliphatic carbocycles. The Balaban J connectivity index is 1.71. The van der Waals surface area contributed by atoms with E-state index < -0.39 is 0 Å². The van der Waals surface area contributed by atoms with Crippen LogP contribution in [0.5, 0.6) is 5.75 Å². The first-order valence-corrected chi connectivity index (χ1v) is 11.5. The molecule has 30 heavy (non-hydrogen) atoms. The van der Waals surface area contributed by atoms with Crippen molar-refractivity contribution < 1.29 is 14.3 Å². The zero-order valence-electron chi connectivity index (χ0n) is 16.6. The maximum atomic E-state index is 13.0. The monoisotopic (exact) mass is 529 g/mol. The van der Waals surface area contributed by atoms with Crippen LogP contribution in [0.2, 0.25) is 0 Å². The second kappa shape index (κ2) is 8.81. The van der Waals surface area contributed by atoms with Gasteiger partial charge in [-0.25, -0.2) is 0 Å². The van der Waals surface area contributed by atoms with E-state index in [1.807, 2.05) is 74.5 Å². The first kappa shape index (κ1) is 20.9. The van der Waals surface area contributed by atoms with E-state index in [-0.39, 0.29) is 23.8 Å². The van der Waals surface area contributed by atoms with Crippen molar-refractivity contribution in [3.63, 3.8) is 0 Å². The molecular formula is C24H20INO3S. The van der Waals surface area contributed by atoms with Crippen LogP contribution in [0.3, 0.4) is 0 Å². The SMILES string of the molecule is CC(C)Oc1ccc2ccccc2c1/C=C1\SC(=O)N(Cc2ccc(I)cc2)C1=O. The van der Waals surface area contributed by atoms with Crippen molar-refractivity contribution in [1.29, 1.82) is 0 Å². The van der Waals surface area contributed by atoms with Gasteiger partial charge in [-0.1, -0.05) is 42.5 Å². The van der Waals surface area contributed by atoms with E-state index in [4.69, 9.17) is 4.74 Å². The van der Waals surface area contributed by atoms with Crippen LogP contribution < -0.4 is 4.74 Å². The fraction of sp³-hybridized carbons (Fsp3) is 0.167. The third kappa shape index (κ3) is 4.39. The first-order chi connectivity index (χ1) is 14.4. The van der Waals surface area contributed by atoms with Crippen LogP contribution in [-0.2, 0) is 11.3 Å². The summed E-state index contributed by atoms with van der Waals surface area (Å²) < 4.78 is 7.11. The van der Waals surface area contributed by atoms with Gasteiger partial charge in [-0.3, -0.25) is 14.5 Å². The molecule has 0 radical (unpaired) electrons. The number of carbonyl (C=O) groups is 2. The molecule has 3 aromatic rings. The Morgan fingerprint density at radius 3 is 2.50 bits per heavy atom. The topological polar surface area (TPSA) is 46.6 Å². The van der Waals surface area contributed by atoms with Gasteiger partial charge in [0.05, 0.1) is 17.6 Å². The molecule has 0 spiro atoms. The van der Waals surface area contributed by atoms with Gasteiger partial charge in [-0.05, 0) is 88.8 Å². The number of rotatable bonds is 5. The van der Waals surface area contributed by atoms with E-state index >= 15 is 0 Å². The van der Waals surface area contributed by atoms with E-state index in [2.05, 4.69) is 22.6 Å².